The molecule has 0 bridgehead atoms. The number of fused-ring (bicyclic) bond motifs is 1. The minimum absolute atomic E-state index is 0.234. The largest absolute Gasteiger partial charge is 0.494 e. The molecule has 114 valence electrons. The third-order valence-electron chi connectivity index (χ3n) is 4.16. The number of benzene rings is 1. The number of aliphatic hydroxyl groups is 1. The second-order valence-corrected chi connectivity index (χ2v) is 6.57. The van der Waals surface area contributed by atoms with Crippen molar-refractivity contribution in [2.75, 3.05) is 6.61 Å². The van der Waals surface area contributed by atoms with E-state index in [4.69, 9.17) is 10.00 Å². The first-order valence-electron chi connectivity index (χ1n) is 7.87. The average molecular weight is 287 g/mol. The molecule has 1 aliphatic carbocycles. The molecule has 1 aromatic rings. The monoisotopic (exact) mass is 287 g/mol. The molecule has 0 saturated carbocycles. The Kier molecular flexibility index (Phi) is 5.25. The van der Waals surface area contributed by atoms with Gasteiger partial charge < -0.3 is 9.84 Å². The SMILES string of the molecule is CC(C)(C#N)CCCCOc1ccc2c(c1)CCCC2O. The van der Waals surface area contributed by atoms with E-state index in [1.165, 1.54) is 5.56 Å². The van der Waals surface area contributed by atoms with Gasteiger partial charge in [0, 0.05) is 0 Å². The number of unbranched alkanes of at least 4 members (excludes halogenated alkanes) is 1. The van der Waals surface area contributed by atoms with E-state index in [9.17, 15) is 5.11 Å². The Morgan fingerprint density at radius 2 is 2.19 bits per heavy atom. The highest BCUT2D eigenvalue weighted by Gasteiger charge is 2.18. The number of nitrogens with zero attached hydrogens (tertiary/aromatic N) is 1. The zero-order chi connectivity index (χ0) is 15.3. The van der Waals surface area contributed by atoms with Crippen LogP contribution in [0.5, 0.6) is 5.75 Å². The third-order valence-corrected chi connectivity index (χ3v) is 4.16. The Bertz CT molecular complexity index is 516. The van der Waals surface area contributed by atoms with E-state index in [2.05, 4.69) is 12.1 Å². The number of aliphatic hydroxyl groups excluding tert-OH is 1. The molecule has 0 spiro atoms. The summed E-state index contributed by atoms with van der Waals surface area (Å²) in [5, 5.41) is 18.9. The van der Waals surface area contributed by atoms with Crippen molar-refractivity contribution in [2.24, 2.45) is 5.41 Å². The van der Waals surface area contributed by atoms with Crippen molar-refractivity contribution < 1.29 is 9.84 Å². The molecule has 3 heteroatoms. The molecular formula is C18H25NO2. The summed E-state index contributed by atoms with van der Waals surface area (Å²) in [7, 11) is 0. The highest BCUT2D eigenvalue weighted by atomic mass is 16.5. The molecule has 2 rings (SSSR count). The summed E-state index contributed by atoms with van der Waals surface area (Å²) in [6, 6.07) is 8.33. The van der Waals surface area contributed by atoms with Crippen molar-refractivity contribution in [2.45, 2.75) is 58.5 Å². The van der Waals surface area contributed by atoms with Crippen LogP contribution in [-0.2, 0) is 6.42 Å². The number of aryl methyl sites for hydroxylation is 1. The lowest BCUT2D eigenvalue weighted by Gasteiger charge is -2.22. The van der Waals surface area contributed by atoms with Gasteiger partial charge in [0.1, 0.15) is 5.75 Å². The summed E-state index contributed by atoms with van der Waals surface area (Å²) >= 11 is 0. The molecule has 0 fully saturated rings. The molecule has 1 aliphatic rings. The van der Waals surface area contributed by atoms with Crippen molar-refractivity contribution in [3.8, 4) is 11.8 Å². The Hall–Kier alpha value is -1.53. The fraction of sp³-hybridized carbons (Fsp3) is 0.611. The zero-order valence-corrected chi connectivity index (χ0v) is 13.1. The first-order valence-corrected chi connectivity index (χ1v) is 7.87. The smallest absolute Gasteiger partial charge is 0.119 e. The predicted molar refractivity (Wildman–Crippen MR) is 83.1 cm³/mol. The van der Waals surface area contributed by atoms with E-state index < -0.39 is 0 Å². The van der Waals surface area contributed by atoms with E-state index in [0.29, 0.717) is 6.61 Å². The quantitative estimate of drug-likeness (QED) is 0.799. The van der Waals surface area contributed by atoms with Crippen LogP contribution in [0, 0.1) is 16.7 Å². The van der Waals surface area contributed by atoms with Crippen LogP contribution in [0.25, 0.3) is 0 Å². The van der Waals surface area contributed by atoms with Gasteiger partial charge in [-0.05, 0) is 75.6 Å². The number of hydrogen-bond acceptors (Lipinski definition) is 3. The summed E-state index contributed by atoms with van der Waals surface area (Å²) in [4.78, 5) is 0. The highest BCUT2D eigenvalue weighted by Crippen LogP contribution is 2.32. The lowest BCUT2D eigenvalue weighted by molar-refractivity contribution is 0.156. The minimum Gasteiger partial charge on any atom is -0.494 e. The van der Waals surface area contributed by atoms with Gasteiger partial charge in [-0.1, -0.05) is 6.07 Å². The van der Waals surface area contributed by atoms with Gasteiger partial charge in [-0.3, -0.25) is 0 Å². The summed E-state index contributed by atoms with van der Waals surface area (Å²) in [5.41, 5.74) is 2.04. The maximum Gasteiger partial charge on any atom is 0.119 e. The van der Waals surface area contributed by atoms with E-state index >= 15 is 0 Å². The highest BCUT2D eigenvalue weighted by molar-refractivity contribution is 5.38. The molecule has 0 heterocycles. The van der Waals surface area contributed by atoms with Gasteiger partial charge in [0.15, 0.2) is 0 Å². The molecule has 0 amide bonds. The van der Waals surface area contributed by atoms with Crippen LogP contribution in [-0.4, -0.2) is 11.7 Å². The number of rotatable bonds is 6. The lowest BCUT2D eigenvalue weighted by Crippen LogP contribution is -2.10. The molecule has 3 nitrogen and oxygen atoms in total. The number of nitriles is 1. The minimum atomic E-state index is -0.309. The molecule has 0 aromatic heterocycles. The van der Waals surface area contributed by atoms with Crippen LogP contribution in [0.3, 0.4) is 0 Å². The fourth-order valence-electron chi connectivity index (χ4n) is 2.77. The van der Waals surface area contributed by atoms with E-state index in [1.807, 2.05) is 26.0 Å². The molecular weight excluding hydrogens is 262 g/mol. The van der Waals surface area contributed by atoms with Gasteiger partial charge in [0.2, 0.25) is 0 Å². The maximum atomic E-state index is 9.93. The molecule has 1 atom stereocenters. The molecule has 1 N–H and O–H groups in total. The molecule has 0 aliphatic heterocycles. The second kappa shape index (κ2) is 6.95. The van der Waals surface area contributed by atoms with Gasteiger partial charge >= 0.3 is 0 Å². The maximum absolute atomic E-state index is 9.93. The summed E-state index contributed by atoms with van der Waals surface area (Å²) < 4.78 is 5.79. The van der Waals surface area contributed by atoms with Crippen molar-refractivity contribution >= 4 is 0 Å². The zero-order valence-electron chi connectivity index (χ0n) is 13.1. The molecule has 1 aromatic carbocycles. The van der Waals surface area contributed by atoms with Crippen LogP contribution in [0.1, 0.15) is 63.2 Å². The van der Waals surface area contributed by atoms with Crippen LogP contribution < -0.4 is 4.74 Å². The van der Waals surface area contributed by atoms with Gasteiger partial charge in [0.25, 0.3) is 0 Å². The molecule has 1 unspecified atom stereocenters. The standard InChI is InChI=1S/C18H25NO2/c1-18(2,13-19)10-3-4-11-21-15-8-9-16-14(12-15)6-5-7-17(16)20/h8-9,12,17,20H,3-7,10-11H2,1-2H3. The first-order chi connectivity index (χ1) is 10.0. The Balaban J connectivity index is 1.78. The fourth-order valence-corrected chi connectivity index (χ4v) is 2.77. The van der Waals surface area contributed by atoms with Crippen molar-refractivity contribution in [3.05, 3.63) is 29.3 Å². The van der Waals surface area contributed by atoms with Crippen LogP contribution in [0.15, 0.2) is 18.2 Å². The number of hydrogen-bond donors (Lipinski definition) is 1. The van der Waals surface area contributed by atoms with Crippen LogP contribution in [0.2, 0.25) is 0 Å². The van der Waals surface area contributed by atoms with Crippen LogP contribution in [0.4, 0.5) is 0 Å². The average Bonchev–Trinajstić information content (AvgIpc) is 2.47. The van der Waals surface area contributed by atoms with Crippen molar-refractivity contribution in [3.63, 3.8) is 0 Å². The molecule has 0 saturated heterocycles. The van der Waals surface area contributed by atoms with E-state index in [1.54, 1.807) is 0 Å². The van der Waals surface area contributed by atoms with Crippen molar-refractivity contribution in [1.29, 1.82) is 5.26 Å². The van der Waals surface area contributed by atoms with Gasteiger partial charge in [-0.2, -0.15) is 5.26 Å². The summed E-state index contributed by atoms with van der Waals surface area (Å²) in [6.07, 6.45) is 5.50. The second-order valence-electron chi connectivity index (χ2n) is 6.57. The molecule has 0 radical (unpaired) electrons. The third kappa shape index (κ3) is 4.47. The first kappa shape index (κ1) is 15.9. The van der Waals surface area contributed by atoms with Crippen molar-refractivity contribution in [1.82, 2.24) is 0 Å². The predicted octanol–water partition coefficient (Wildman–Crippen LogP) is 4.16. The summed E-state index contributed by atoms with van der Waals surface area (Å²) in [5.74, 6) is 0.891. The van der Waals surface area contributed by atoms with Gasteiger partial charge in [-0.25, -0.2) is 0 Å². The molecule has 21 heavy (non-hydrogen) atoms. The summed E-state index contributed by atoms with van der Waals surface area (Å²) in [6.45, 7) is 4.63. The van der Waals surface area contributed by atoms with Gasteiger partial charge in [0.05, 0.1) is 24.2 Å². The van der Waals surface area contributed by atoms with Gasteiger partial charge in [-0.15, -0.1) is 0 Å². The van der Waals surface area contributed by atoms with Crippen LogP contribution >= 0.6 is 0 Å². The normalized spacial score (nSPS) is 17.9. The van der Waals surface area contributed by atoms with E-state index in [0.717, 1.165) is 49.8 Å². The Morgan fingerprint density at radius 1 is 1.38 bits per heavy atom. The topological polar surface area (TPSA) is 53.2 Å². The Labute approximate surface area is 127 Å². The van der Waals surface area contributed by atoms with E-state index in [-0.39, 0.29) is 11.5 Å². The lowest BCUT2D eigenvalue weighted by atomic mass is 9.89. The Morgan fingerprint density at radius 3 is 2.95 bits per heavy atom. The number of ether oxygens (including phenoxy) is 1.